The molecule has 8 N–H and O–H groups in total. The molecule has 0 saturated heterocycles. The summed E-state index contributed by atoms with van der Waals surface area (Å²) in [6.07, 6.45) is 1.62. The number of primary amides is 1. The van der Waals surface area contributed by atoms with Crippen LogP contribution in [0.4, 0.5) is 5.69 Å². The highest BCUT2D eigenvalue weighted by Crippen LogP contribution is 2.26. The molecule has 0 spiro atoms. The van der Waals surface area contributed by atoms with E-state index >= 15 is 0 Å². The maximum atomic E-state index is 13.5. The summed E-state index contributed by atoms with van der Waals surface area (Å²) in [5, 5.41) is 9.49. The summed E-state index contributed by atoms with van der Waals surface area (Å²) in [6, 6.07) is 14.5. The van der Waals surface area contributed by atoms with Gasteiger partial charge in [-0.3, -0.25) is 20.4 Å². The van der Waals surface area contributed by atoms with Gasteiger partial charge in [0, 0.05) is 60.8 Å². The Bertz CT molecular complexity index is 1250. The molecule has 0 aliphatic rings. The van der Waals surface area contributed by atoms with E-state index < -0.39 is 5.91 Å². The van der Waals surface area contributed by atoms with Gasteiger partial charge in [0.05, 0.1) is 12.1 Å². The van der Waals surface area contributed by atoms with Gasteiger partial charge < -0.3 is 21.8 Å². The predicted molar refractivity (Wildman–Crippen MR) is 135 cm³/mol. The summed E-state index contributed by atoms with van der Waals surface area (Å²) in [5.74, 6) is -0.595. The lowest BCUT2D eigenvalue weighted by Gasteiger charge is -2.21. The van der Waals surface area contributed by atoms with Gasteiger partial charge in [-0.1, -0.05) is 43.3 Å². The number of anilines is 1. The molecule has 3 rings (SSSR count). The number of carbonyl (C=O) groups is 1. The van der Waals surface area contributed by atoms with Crippen LogP contribution >= 0.6 is 0 Å². The van der Waals surface area contributed by atoms with Crippen molar-refractivity contribution in [2.45, 2.75) is 26.4 Å². The first kappa shape index (κ1) is 24.7. The highest BCUT2D eigenvalue weighted by molar-refractivity contribution is 5.94. The standard InChI is InChI=1S/C25H31N7O2/c1-3-31(2)30-13-19-15-32(14-16-7-9-17(10-8-16)25(28)29)23(18-5-4-6-20(26)11-18)21(24(19)34)12-22(27)33/h4-11,15,30H,3,12-14,26H2,1-2H3,(H2,27,33)(H3,28,29). The van der Waals surface area contributed by atoms with Crippen molar-refractivity contribution in [2.24, 2.45) is 11.5 Å². The number of nitrogens with two attached hydrogens (primary N) is 3. The molecule has 1 amide bonds. The summed E-state index contributed by atoms with van der Waals surface area (Å²) in [5.41, 5.74) is 24.4. The van der Waals surface area contributed by atoms with Crippen molar-refractivity contribution in [3.05, 3.63) is 87.2 Å². The lowest BCUT2D eigenvalue weighted by Crippen LogP contribution is -2.36. The van der Waals surface area contributed by atoms with Gasteiger partial charge in [-0.05, 0) is 17.7 Å². The monoisotopic (exact) mass is 461 g/mol. The maximum Gasteiger partial charge on any atom is 0.222 e. The second kappa shape index (κ2) is 10.8. The Morgan fingerprint density at radius 3 is 2.44 bits per heavy atom. The molecule has 3 aromatic rings. The van der Waals surface area contributed by atoms with Crippen LogP contribution in [0, 0.1) is 5.41 Å². The van der Waals surface area contributed by atoms with Gasteiger partial charge in [0.2, 0.25) is 5.91 Å². The Labute approximate surface area is 198 Å². The van der Waals surface area contributed by atoms with Gasteiger partial charge in [0.1, 0.15) is 5.84 Å². The summed E-state index contributed by atoms with van der Waals surface area (Å²) in [7, 11) is 1.89. The van der Waals surface area contributed by atoms with Crippen LogP contribution in [0.15, 0.2) is 59.5 Å². The highest BCUT2D eigenvalue weighted by atomic mass is 16.1. The third kappa shape index (κ3) is 5.89. The number of amidine groups is 1. The van der Waals surface area contributed by atoms with E-state index in [4.69, 9.17) is 22.6 Å². The quantitative estimate of drug-likeness (QED) is 0.133. The van der Waals surface area contributed by atoms with E-state index in [-0.39, 0.29) is 17.7 Å². The molecular formula is C25H31N7O2. The molecule has 0 radical (unpaired) electrons. The number of nitrogens with one attached hydrogen (secondary N) is 2. The van der Waals surface area contributed by atoms with Crippen molar-refractivity contribution in [1.29, 1.82) is 5.41 Å². The minimum Gasteiger partial charge on any atom is -0.399 e. The zero-order valence-electron chi connectivity index (χ0n) is 19.5. The molecule has 0 bridgehead atoms. The van der Waals surface area contributed by atoms with Crippen LogP contribution in [0.2, 0.25) is 0 Å². The average Bonchev–Trinajstić information content (AvgIpc) is 2.80. The molecule has 178 valence electrons. The van der Waals surface area contributed by atoms with Gasteiger partial charge in [0.25, 0.3) is 0 Å². The fourth-order valence-electron chi connectivity index (χ4n) is 3.72. The Balaban J connectivity index is 2.20. The zero-order valence-corrected chi connectivity index (χ0v) is 19.5. The van der Waals surface area contributed by atoms with Crippen LogP contribution < -0.4 is 28.1 Å². The molecule has 1 heterocycles. The van der Waals surface area contributed by atoms with Crippen LogP contribution in [0.1, 0.15) is 29.2 Å². The molecule has 0 saturated carbocycles. The number of hydrogen-bond acceptors (Lipinski definition) is 6. The van der Waals surface area contributed by atoms with E-state index in [0.29, 0.717) is 41.2 Å². The Kier molecular flexibility index (Phi) is 7.83. The van der Waals surface area contributed by atoms with Crippen LogP contribution in [-0.2, 0) is 24.3 Å². The van der Waals surface area contributed by atoms with Crippen LogP contribution in [-0.4, -0.2) is 34.9 Å². The lowest BCUT2D eigenvalue weighted by molar-refractivity contribution is -0.117. The molecule has 0 atom stereocenters. The largest absolute Gasteiger partial charge is 0.399 e. The van der Waals surface area contributed by atoms with Crippen molar-refractivity contribution < 1.29 is 4.79 Å². The van der Waals surface area contributed by atoms with Crippen molar-refractivity contribution >= 4 is 17.4 Å². The Morgan fingerprint density at radius 2 is 1.85 bits per heavy atom. The van der Waals surface area contributed by atoms with Crippen molar-refractivity contribution in [1.82, 2.24) is 15.0 Å². The molecule has 0 aliphatic carbocycles. The summed E-state index contributed by atoms with van der Waals surface area (Å²) >= 11 is 0. The van der Waals surface area contributed by atoms with Crippen molar-refractivity contribution in [3.63, 3.8) is 0 Å². The summed E-state index contributed by atoms with van der Waals surface area (Å²) < 4.78 is 1.94. The SMILES string of the molecule is CCN(C)NCc1cn(Cc2ccc(C(=N)N)cc2)c(-c2cccc(N)c2)c(CC(N)=O)c1=O. The number of aromatic nitrogens is 1. The van der Waals surface area contributed by atoms with Crippen LogP contribution in [0.5, 0.6) is 0 Å². The van der Waals surface area contributed by atoms with E-state index in [0.717, 1.165) is 17.7 Å². The molecule has 0 fully saturated rings. The number of amides is 1. The van der Waals surface area contributed by atoms with Crippen LogP contribution in [0.25, 0.3) is 11.3 Å². The minimum atomic E-state index is -0.588. The number of nitrogens with zero attached hydrogens (tertiary/aromatic N) is 2. The molecule has 0 aliphatic heterocycles. The maximum absolute atomic E-state index is 13.5. The van der Waals surface area contributed by atoms with Crippen molar-refractivity contribution in [3.8, 4) is 11.3 Å². The lowest BCUT2D eigenvalue weighted by atomic mass is 9.99. The molecule has 9 heteroatoms. The minimum absolute atomic E-state index is 0.00694. The molecule has 9 nitrogen and oxygen atoms in total. The zero-order chi connectivity index (χ0) is 24.8. The molecular weight excluding hydrogens is 430 g/mol. The van der Waals surface area contributed by atoms with Gasteiger partial charge in [-0.2, -0.15) is 0 Å². The van der Waals surface area contributed by atoms with E-state index in [9.17, 15) is 9.59 Å². The smallest absolute Gasteiger partial charge is 0.222 e. The second-order valence-corrected chi connectivity index (χ2v) is 8.17. The first-order valence-corrected chi connectivity index (χ1v) is 11.0. The molecule has 2 aromatic carbocycles. The normalized spacial score (nSPS) is 11.0. The van der Waals surface area contributed by atoms with Gasteiger partial charge >= 0.3 is 0 Å². The number of pyridine rings is 1. The van der Waals surface area contributed by atoms with Gasteiger partial charge in [-0.25, -0.2) is 5.01 Å². The second-order valence-electron chi connectivity index (χ2n) is 8.17. The third-order valence-electron chi connectivity index (χ3n) is 5.59. The third-order valence-corrected chi connectivity index (χ3v) is 5.59. The van der Waals surface area contributed by atoms with E-state index in [2.05, 4.69) is 5.43 Å². The molecule has 34 heavy (non-hydrogen) atoms. The number of hydrogen-bond donors (Lipinski definition) is 5. The first-order chi connectivity index (χ1) is 16.2. The highest BCUT2D eigenvalue weighted by Gasteiger charge is 2.19. The van der Waals surface area contributed by atoms with E-state index in [1.807, 2.05) is 41.7 Å². The van der Waals surface area contributed by atoms with Crippen LogP contribution in [0.3, 0.4) is 0 Å². The first-order valence-electron chi connectivity index (χ1n) is 11.0. The van der Waals surface area contributed by atoms with Gasteiger partial charge in [-0.15, -0.1) is 0 Å². The predicted octanol–water partition coefficient (Wildman–Crippen LogP) is 1.41. The number of carbonyl (C=O) groups excluding carboxylic acids is 1. The molecule has 0 unspecified atom stereocenters. The fraction of sp³-hybridized carbons (Fsp3) is 0.240. The number of hydrazine groups is 1. The Hall–Kier alpha value is -3.95. The van der Waals surface area contributed by atoms with E-state index in [1.54, 1.807) is 36.5 Å². The Morgan fingerprint density at radius 1 is 1.15 bits per heavy atom. The van der Waals surface area contributed by atoms with Gasteiger partial charge in [0.15, 0.2) is 5.43 Å². The van der Waals surface area contributed by atoms with Crippen molar-refractivity contribution in [2.75, 3.05) is 19.3 Å². The summed E-state index contributed by atoms with van der Waals surface area (Å²) in [4.78, 5) is 25.4. The summed E-state index contributed by atoms with van der Waals surface area (Å²) in [6.45, 7) is 3.48. The number of benzene rings is 2. The topological polar surface area (TPSA) is 156 Å². The average molecular weight is 462 g/mol. The van der Waals surface area contributed by atoms with E-state index in [1.165, 1.54) is 0 Å². The fourth-order valence-corrected chi connectivity index (χ4v) is 3.72. The molecule has 1 aromatic heterocycles. The number of rotatable bonds is 10. The number of nitrogen functional groups attached to an aromatic ring is 2.